The fraction of sp³-hybridized carbons (Fsp3) is 0.0667. The van der Waals surface area contributed by atoms with E-state index in [0.717, 1.165) is 10.9 Å². The minimum atomic E-state index is -3.55. The molecule has 0 atom stereocenters. The van der Waals surface area contributed by atoms with Crippen molar-refractivity contribution < 1.29 is 8.42 Å². The number of para-hydroxylation sites is 1. The summed E-state index contributed by atoms with van der Waals surface area (Å²) in [6.45, 7) is 0. The van der Waals surface area contributed by atoms with E-state index in [1.165, 1.54) is 4.31 Å². The number of H-pyrrole nitrogens is 1. The summed E-state index contributed by atoms with van der Waals surface area (Å²) in [6.07, 6.45) is 1.79. The predicted molar refractivity (Wildman–Crippen MR) is 80.3 cm³/mol. The molecule has 3 rings (SSSR count). The van der Waals surface area contributed by atoms with E-state index >= 15 is 0 Å². The van der Waals surface area contributed by atoms with Crippen LogP contribution in [0.25, 0.3) is 10.9 Å². The van der Waals surface area contributed by atoms with Gasteiger partial charge in [-0.25, -0.2) is 8.42 Å². The summed E-state index contributed by atoms with van der Waals surface area (Å²) in [7, 11) is -1.99. The van der Waals surface area contributed by atoms with E-state index in [2.05, 4.69) is 4.98 Å². The number of rotatable bonds is 3. The molecule has 0 amide bonds. The number of anilines is 1. The molecule has 0 aliphatic carbocycles. The third-order valence-corrected chi connectivity index (χ3v) is 5.09. The van der Waals surface area contributed by atoms with Crippen molar-refractivity contribution in [2.75, 3.05) is 11.4 Å². The van der Waals surface area contributed by atoms with Crippen LogP contribution >= 0.6 is 0 Å². The smallest absolute Gasteiger partial charge is 0.264 e. The van der Waals surface area contributed by atoms with Gasteiger partial charge in [-0.3, -0.25) is 4.31 Å². The topological polar surface area (TPSA) is 53.2 Å². The molecule has 102 valence electrons. The van der Waals surface area contributed by atoms with Crippen LogP contribution in [-0.4, -0.2) is 20.4 Å². The molecule has 0 bridgehead atoms. The first kappa shape index (κ1) is 12.7. The highest BCUT2D eigenvalue weighted by Gasteiger charge is 2.21. The van der Waals surface area contributed by atoms with Crippen molar-refractivity contribution in [3.63, 3.8) is 0 Å². The molecule has 5 heteroatoms. The maximum Gasteiger partial charge on any atom is 0.264 e. The van der Waals surface area contributed by atoms with Crippen LogP contribution in [0.4, 0.5) is 5.69 Å². The number of benzene rings is 2. The molecule has 0 spiro atoms. The lowest BCUT2D eigenvalue weighted by Crippen LogP contribution is -2.26. The third kappa shape index (κ3) is 2.06. The second-order valence-corrected chi connectivity index (χ2v) is 6.50. The van der Waals surface area contributed by atoms with Crippen LogP contribution in [0.1, 0.15) is 0 Å². The highest BCUT2D eigenvalue weighted by Crippen LogP contribution is 2.24. The fourth-order valence-electron chi connectivity index (χ4n) is 2.12. The summed E-state index contributed by atoms with van der Waals surface area (Å²) in [5.41, 5.74) is 1.45. The van der Waals surface area contributed by atoms with E-state index in [1.54, 1.807) is 43.6 Å². The highest BCUT2D eigenvalue weighted by molar-refractivity contribution is 7.92. The van der Waals surface area contributed by atoms with Gasteiger partial charge in [-0.2, -0.15) is 0 Å². The Hall–Kier alpha value is -2.27. The van der Waals surface area contributed by atoms with Gasteiger partial charge in [-0.05, 0) is 35.7 Å². The van der Waals surface area contributed by atoms with Crippen LogP contribution in [0.5, 0.6) is 0 Å². The molecule has 0 saturated carbocycles. The number of aromatic amines is 1. The van der Waals surface area contributed by atoms with Gasteiger partial charge in [0.05, 0.1) is 10.6 Å². The molecule has 2 aromatic carbocycles. The van der Waals surface area contributed by atoms with Crippen LogP contribution < -0.4 is 4.31 Å². The Morgan fingerprint density at radius 2 is 1.75 bits per heavy atom. The van der Waals surface area contributed by atoms with Crippen LogP contribution in [0, 0.1) is 0 Å². The molecular formula is C15H14N2O2S. The molecular weight excluding hydrogens is 272 g/mol. The third-order valence-electron chi connectivity index (χ3n) is 3.30. The number of hydrogen-bond acceptors (Lipinski definition) is 2. The normalized spacial score (nSPS) is 11.7. The maximum atomic E-state index is 12.6. The first-order chi connectivity index (χ1) is 9.59. The number of hydrogen-bond donors (Lipinski definition) is 1. The Morgan fingerprint density at radius 1 is 1.00 bits per heavy atom. The van der Waals surface area contributed by atoms with Gasteiger partial charge in [0.2, 0.25) is 0 Å². The van der Waals surface area contributed by atoms with E-state index < -0.39 is 10.0 Å². The lowest BCUT2D eigenvalue weighted by molar-refractivity contribution is 0.594. The van der Waals surface area contributed by atoms with E-state index in [0.29, 0.717) is 5.69 Å². The SMILES string of the molecule is CN(c1ccccc1)S(=O)(=O)c1ccc2cc[nH]c2c1. The molecule has 0 unspecified atom stereocenters. The van der Waals surface area contributed by atoms with Crippen LogP contribution in [-0.2, 0) is 10.0 Å². The van der Waals surface area contributed by atoms with Gasteiger partial charge in [0.1, 0.15) is 0 Å². The van der Waals surface area contributed by atoms with Crippen molar-refractivity contribution in [2.24, 2.45) is 0 Å². The highest BCUT2D eigenvalue weighted by atomic mass is 32.2. The van der Waals surface area contributed by atoms with Crippen LogP contribution in [0.2, 0.25) is 0 Å². The van der Waals surface area contributed by atoms with Crippen molar-refractivity contribution >= 4 is 26.6 Å². The summed E-state index contributed by atoms with van der Waals surface area (Å²) >= 11 is 0. The number of sulfonamides is 1. The Kier molecular flexibility index (Phi) is 2.99. The molecule has 0 aliphatic heterocycles. The summed E-state index contributed by atoms with van der Waals surface area (Å²) < 4.78 is 26.5. The fourth-order valence-corrected chi connectivity index (χ4v) is 3.34. The Balaban J connectivity index is 2.07. The van der Waals surface area contributed by atoms with Crippen molar-refractivity contribution in [2.45, 2.75) is 4.90 Å². The van der Waals surface area contributed by atoms with Crippen LogP contribution in [0.3, 0.4) is 0 Å². The minimum Gasteiger partial charge on any atom is -0.361 e. The first-order valence-corrected chi connectivity index (χ1v) is 7.64. The second kappa shape index (κ2) is 4.68. The van der Waals surface area contributed by atoms with E-state index in [1.807, 2.05) is 24.3 Å². The van der Waals surface area contributed by atoms with Gasteiger partial charge in [0, 0.05) is 18.8 Å². The molecule has 1 aromatic heterocycles. The predicted octanol–water partition coefficient (Wildman–Crippen LogP) is 2.99. The summed E-state index contributed by atoms with van der Waals surface area (Å²) in [5, 5.41) is 0.992. The van der Waals surface area contributed by atoms with Gasteiger partial charge >= 0.3 is 0 Å². The zero-order valence-corrected chi connectivity index (χ0v) is 11.8. The van der Waals surface area contributed by atoms with Crippen molar-refractivity contribution in [1.82, 2.24) is 4.98 Å². The molecule has 0 aliphatic rings. The quantitative estimate of drug-likeness (QED) is 0.804. The molecule has 0 saturated heterocycles. The van der Waals surface area contributed by atoms with E-state index in [9.17, 15) is 8.42 Å². The number of aromatic nitrogens is 1. The standard InChI is InChI=1S/C15H14N2O2S/c1-17(13-5-3-2-4-6-13)20(18,19)14-8-7-12-9-10-16-15(12)11-14/h2-11,16H,1H3. The minimum absolute atomic E-state index is 0.277. The summed E-state index contributed by atoms with van der Waals surface area (Å²) in [5.74, 6) is 0. The van der Waals surface area contributed by atoms with Crippen molar-refractivity contribution in [3.05, 3.63) is 60.8 Å². The molecule has 3 aromatic rings. The first-order valence-electron chi connectivity index (χ1n) is 6.20. The van der Waals surface area contributed by atoms with Gasteiger partial charge in [0.25, 0.3) is 10.0 Å². The van der Waals surface area contributed by atoms with Gasteiger partial charge < -0.3 is 4.98 Å². The maximum absolute atomic E-state index is 12.6. The zero-order valence-electron chi connectivity index (χ0n) is 10.9. The molecule has 0 fully saturated rings. The number of nitrogens with one attached hydrogen (secondary N) is 1. The molecule has 4 nitrogen and oxygen atoms in total. The largest absolute Gasteiger partial charge is 0.361 e. The number of nitrogens with zero attached hydrogens (tertiary/aromatic N) is 1. The van der Waals surface area contributed by atoms with E-state index in [4.69, 9.17) is 0 Å². The summed E-state index contributed by atoms with van der Waals surface area (Å²) in [4.78, 5) is 3.30. The Morgan fingerprint density at radius 3 is 2.50 bits per heavy atom. The lowest BCUT2D eigenvalue weighted by atomic mass is 10.2. The van der Waals surface area contributed by atoms with Gasteiger partial charge in [-0.15, -0.1) is 0 Å². The zero-order chi connectivity index (χ0) is 14.2. The monoisotopic (exact) mass is 286 g/mol. The van der Waals surface area contributed by atoms with Crippen LogP contribution in [0.15, 0.2) is 65.7 Å². The Bertz CT molecular complexity index is 838. The van der Waals surface area contributed by atoms with Crippen molar-refractivity contribution in [3.8, 4) is 0 Å². The van der Waals surface area contributed by atoms with Gasteiger partial charge in [-0.1, -0.05) is 24.3 Å². The second-order valence-electron chi connectivity index (χ2n) is 4.53. The molecule has 20 heavy (non-hydrogen) atoms. The average molecular weight is 286 g/mol. The number of fused-ring (bicyclic) bond motifs is 1. The van der Waals surface area contributed by atoms with E-state index in [-0.39, 0.29) is 4.90 Å². The van der Waals surface area contributed by atoms with Crippen molar-refractivity contribution in [1.29, 1.82) is 0 Å². The molecule has 1 N–H and O–H groups in total. The molecule has 0 radical (unpaired) electrons. The molecule has 1 heterocycles. The lowest BCUT2D eigenvalue weighted by Gasteiger charge is -2.19. The summed E-state index contributed by atoms with van der Waals surface area (Å²) in [6, 6.07) is 16.0. The average Bonchev–Trinajstić information content (AvgIpc) is 2.94. The Labute approximate surface area is 117 Å². The van der Waals surface area contributed by atoms with Gasteiger partial charge in [0.15, 0.2) is 0 Å².